The van der Waals surface area contributed by atoms with E-state index in [2.05, 4.69) is 15.3 Å². The molecule has 1 fully saturated rings. The maximum atomic E-state index is 12.5. The third-order valence-electron chi connectivity index (χ3n) is 4.24. The van der Waals surface area contributed by atoms with Crippen molar-refractivity contribution in [1.82, 2.24) is 15.3 Å². The number of carbonyl (C=O) groups is 1. The molecule has 3 N–H and O–H groups in total. The zero-order chi connectivity index (χ0) is 17.1. The lowest BCUT2D eigenvalue weighted by Crippen LogP contribution is -2.41. The summed E-state index contributed by atoms with van der Waals surface area (Å²) < 4.78 is 5.19. The van der Waals surface area contributed by atoms with Crippen LogP contribution < -0.4 is 10.1 Å². The van der Waals surface area contributed by atoms with Crippen molar-refractivity contribution in [3.63, 3.8) is 0 Å². The number of aromatic nitrogens is 2. The minimum Gasteiger partial charge on any atom is -0.505 e. The highest BCUT2D eigenvalue weighted by atomic mass is 16.5. The number of pyridine rings is 2. The molecule has 126 valence electrons. The van der Waals surface area contributed by atoms with E-state index in [-0.39, 0.29) is 29.5 Å². The Morgan fingerprint density at radius 3 is 2.88 bits per heavy atom. The van der Waals surface area contributed by atoms with Crippen molar-refractivity contribution in [1.29, 1.82) is 0 Å². The second kappa shape index (κ2) is 6.84. The standard InChI is InChI=1S/C17H19N3O4/c1-24-13-7-11(8-18-9-13)15(10-5-12(21)6-10)20-17(23)16-14(22)3-2-4-19-16/h2-4,7-10,12,15,21-22H,5-6H2,1H3,(H,20,23). The molecule has 7 nitrogen and oxygen atoms in total. The van der Waals surface area contributed by atoms with Crippen LogP contribution in [0.25, 0.3) is 0 Å². The predicted octanol–water partition coefficient (Wildman–Crippen LogP) is 1.43. The van der Waals surface area contributed by atoms with E-state index >= 15 is 0 Å². The quantitative estimate of drug-likeness (QED) is 0.766. The van der Waals surface area contributed by atoms with Gasteiger partial charge in [0.1, 0.15) is 11.5 Å². The number of aromatic hydroxyl groups is 1. The zero-order valence-corrected chi connectivity index (χ0v) is 13.2. The van der Waals surface area contributed by atoms with Crippen molar-refractivity contribution < 1.29 is 19.7 Å². The van der Waals surface area contributed by atoms with Crippen molar-refractivity contribution in [2.45, 2.75) is 25.0 Å². The van der Waals surface area contributed by atoms with Crippen LogP contribution in [0, 0.1) is 5.92 Å². The smallest absolute Gasteiger partial charge is 0.274 e. The number of carbonyl (C=O) groups excluding carboxylic acids is 1. The molecular weight excluding hydrogens is 310 g/mol. The molecule has 1 aliphatic rings. The molecule has 0 bridgehead atoms. The van der Waals surface area contributed by atoms with Gasteiger partial charge < -0.3 is 20.3 Å². The molecule has 1 amide bonds. The Bertz CT molecular complexity index is 731. The van der Waals surface area contributed by atoms with E-state index in [1.54, 1.807) is 31.6 Å². The molecule has 1 atom stereocenters. The van der Waals surface area contributed by atoms with Crippen molar-refractivity contribution >= 4 is 5.91 Å². The van der Waals surface area contributed by atoms with E-state index in [1.165, 1.54) is 12.3 Å². The predicted molar refractivity (Wildman–Crippen MR) is 85.6 cm³/mol. The topological polar surface area (TPSA) is 105 Å². The van der Waals surface area contributed by atoms with Gasteiger partial charge in [0.2, 0.25) is 0 Å². The van der Waals surface area contributed by atoms with E-state index in [0.717, 1.165) is 5.56 Å². The summed E-state index contributed by atoms with van der Waals surface area (Å²) in [5, 5.41) is 22.3. The minimum atomic E-state index is -0.470. The molecule has 2 aromatic rings. The molecule has 0 saturated heterocycles. The van der Waals surface area contributed by atoms with Gasteiger partial charge in [-0.15, -0.1) is 0 Å². The molecule has 7 heteroatoms. The number of nitrogens with zero attached hydrogens (tertiary/aromatic N) is 2. The first-order chi connectivity index (χ1) is 11.6. The maximum absolute atomic E-state index is 12.5. The number of ether oxygens (including phenoxy) is 1. The molecule has 0 aliphatic heterocycles. The first-order valence-corrected chi connectivity index (χ1v) is 7.70. The molecule has 2 aromatic heterocycles. The van der Waals surface area contributed by atoms with E-state index < -0.39 is 5.91 Å². The van der Waals surface area contributed by atoms with E-state index in [4.69, 9.17) is 4.74 Å². The summed E-state index contributed by atoms with van der Waals surface area (Å²) in [5.74, 6) is 0.0319. The third-order valence-corrected chi connectivity index (χ3v) is 4.24. The molecule has 24 heavy (non-hydrogen) atoms. The summed E-state index contributed by atoms with van der Waals surface area (Å²) in [4.78, 5) is 20.5. The number of amides is 1. The molecule has 1 aliphatic carbocycles. The van der Waals surface area contributed by atoms with Gasteiger partial charge in [0.15, 0.2) is 5.69 Å². The SMILES string of the molecule is COc1cncc(C(NC(=O)c2ncccc2O)C2CC(O)C2)c1. The van der Waals surface area contributed by atoms with Gasteiger partial charge in [-0.1, -0.05) is 0 Å². The van der Waals surface area contributed by atoms with E-state index in [1.807, 2.05) is 0 Å². The number of rotatable bonds is 5. The molecular formula is C17H19N3O4. The van der Waals surface area contributed by atoms with Crippen LogP contribution >= 0.6 is 0 Å². The monoisotopic (exact) mass is 329 g/mol. The maximum Gasteiger partial charge on any atom is 0.274 e. The lowest BCUT2D eigenvalue weighted by atomic mass is 9.75. The average molecular weight is 329 g/mol. The van der Waals surface area contributed by atoms with Gasteiger partial charge in [-0.2, -0.15) is 0 Å². The fourth-order valence-electron chi connectivity index (χ4n) is 2.87. The van der Waals surface area contributed by atoms with Gasteiger partial charge in [0.25, 0.3) is 5.91 Å². The molecule has 1 unspecified atom stereocenters. The van der Waals surface area contributed by atoms with E-state index in [9.17, 15) is 15.0 Å². The third kappa shape index (κ3) is 3.30. The van der Waals surface area contributed by atoms with Crippen LogP contribution in [0.2, 0.25) is 0 Å². The summed E-state index contributed by atoms with van der Waals surface area (Å²) in [6.45, 7) is 0. The van der Waals surface area contributed by atoms with E-state index in [0.29, 0.717) is 18.6 Å². The van der Waals surface area contributed by atoms with Crippen LogP contribution in [0.15, 0.2) is 36.8 Å². The number of aliphatic hydroxyl groups excluding tert-OH is 1. The molecule has 2 heterocycles. The van der Waals surface area contributed by atoms with Crippen molar-refractivity contribution in [2.75, 3.05) is 7.11 Å². The van der Waals surface area contributed by atoms with Crippen LogP contribution in [0.5, 0.6) is 11.5 Å². The van der Waals surface area contributed by atoms with Gasteiger partial charge >= 0.3 is 0 Å². The molecule has 0 spiro atoms. The lowest BCUT2D eigenvalue weighted by molar-refractivity contribution is 0.0233. The Balaban J connectivity index is 1.85. The highest BCUT2D eigenvalue weighted by molar-refractivity contribution is 5.95. The summed E-state index contributed by atoms with van der Waals surface area (Å²) >= 11 is 0. The average Bonchev–Trinajstić information content (AvgIpc) is 2.57. The fraction of sp³-hybridized carbons (Fsp3) is 0.353. The fourth-order valence-corrected chi connectivity index (χ4v) is 2.87. The Labute approximate surface area is 139 Å². The lowest BCUT2D eigenvalue weighted by Gasteiger charge is -2.38. The number of hydrogen-bond donors (Lipinski definition) is 3. The number of methoxy groups -OCH3 is 1. The summed E-state index contributed by atoms with van der Waals surface area (Å²) in [6.07, 6.45) is 5.53. The Morgan fingerprint density at radius 2 is 2.21 bits per heavy atom. The zero-order valence-electron chi connectivity index (χ0n) is 13.2. The van der Waals surface area contributed by atoms with Gasteiger partial charge in [0, 0.05) is 12.4 Å². The second-order valence-electron chi connectivity index (χ2n) is 5.87. The van der Waals surface area contributed by atoms with Crippen molar-refractivity contribution in [3.8, 4) is 11.5 Å². The first kappa shape index (κ1) is 16.2. The molecule has 0 radical (unpaired) electrons. The van der Waals surface area contributed by atoms with Crippen LogP contribution in [0.1, 0.15) is 34.9 Å². The van der Waals surface area contributed by atoms with Gasteiger partial charge in [-0.25, -0.2) is 4.98 Å². The van der Waals surface area contributed by atoms with Gasteiger partial charge in [-0.3, -0.25) is 9.78 Å². The second-order valence-corrected chi connectivity index (χ2v) is 5.87. The number of nitrogens with one attached hydrogen (secondary N) is 1. The number of hydrogen-bond acceptors (Lipinski definition) is 6. The van der Waals surface area contributed by atoms with Crippen LogP contribution in [0.4, 0.5) is 0 Å². The van der Waals surface area contributed by atoms with Gasteiger partial charge in [-0.05, 0) is 42.5 Å². The largest absolute Gasteiger partial charge is 0.505 e. The molecule has 1 saturated carbocycles. The van der Waals surface area contributed by atoms with Crippen molar-refractivity contribution in [2.24, 2.45) is 5.92 Å². The normalized spacial score (nSPS) is 20.8. The first-order valence-electron chi connectivity index (χ1n) is 7.70. The van der Waals surface area contributed by atoms with Crippen molar-refractivity contribution in [3.05, 3.63) is 48.0 Å². The minimum absolute atomic E-state index is 0.0294. The highest BCUT2D eigenvalue weighted by Gasteiger charge is 2.36. The summed E-state index contributed by atoms with van der Waals surface area (Å²) in [7, 11) is 1.55. The Morgan fingerprint density at radius 1 is 1.42 bits per heavy atom. The molecule has 3 rings (SSSR count). The summed E-state index contributed by atoms with van der Waals surface area (Å²) in [5.41, 5.74) is 0.758. The Hall–Kier alpha value is -2.67. The number of aliphatic hydroxyl groups is 1. The van der Waals surface area contributed by atoms with Crippen LogP contribution in [-0.4, -0.2) is 39.3 Å². The van der Waals surface area contributed by atoms with Crippen LogP contribution in [-0.2, 0) is 0 Å². The van der Waals surface area contributed by atoms with Crippen LogP contribution in [0.3, 0.4) is 0 Å². The summed E-state index contributed by atoms with van der Waals surface area (Å²) in [6, 6.07) is 4.43. The van der Waals surface area contributed by atoms with Gasteiger partial charge in [0.05, 0.1) is 25.5 Å². The Kier molecular flexibility index (Phi) is 4.61. The molecule has 0 aromatic carbocycles. The highest BCUT2D eigenvalue weighted by Crippen LogP contribution is 2.38.